The van der Waals surface area contributed by atoms with Crippen molar-refractivity contribution in [2.45, 2.75) is 23.8 Å². The summed E-state index contributed by atoms with van der Waals surface area (Å²) < 4.78 is 48.5. The number of carbonyl (C=O) groups is 2. The maximum Gasteiger partial charge on any atom is 0.337 e. The summed E-state index contributed by atoms with van der Waals surface area (Å²) in [6.45, 7) is 0.131. The van der Waals surface area contributed by atoms with Gasteiger partial charge in [-0.25, -0.2) is 13.2 Å². The number of nitrogens with one attached hydrogen (secondary N) is 1. The third-order valence-corrected chi connectivity index (χ3v) is 7.38. The molecule has 1 fully saturated rings. The Morgan fingerprint density at radius 2 is 1.53 bits per heavy atom. The molecule has 0 saturated carbocycles. The monoisotopic (exact) mass is 494 g/mol. The Bertz CT molecular complexity index is 1200. The van der Waals surface area contributed by atoms with E-state index in [1.165, 1.54) is 58.8 Å². The number of rotatable bonds is 9. The number of ether oxygens (including phenoxy) is 4. The van der Waals surface area contributed by atoms with Gasteiger partial charge in [0, 0.05) is 24.7 Å². The first kappa shape index (κ1) is 25.1. The van der Waals surface area contributed by atoms with E-state index in [2.05, 4.69) is 5.32 Å². The summed E-state index contributed by atoms with van der Waals surface area (Å²) >= 11 is 0. The molecule has 0 aromatic heterocycles. The van der Waals surface area contributed by atoms with E-state index in [0.717, 1.165) is 4.31 Å². The summed E-state index contributed by atoms with van der Waals surface area (Å²) in [7, 11) is 1.50. The van der Waals surface area contributed by atoms with Crippen LogP contribution in [0.15, 0.2) is 35.2 Å². The standard InChI is InChI=1S/C22H26N2O9S/c1-30-17-8-7-13(10-18(17)31-2)34(28,29)24-9-5-6-16(24)21(25)23-15-12-20(33-4)19(32-3)11-14(15)22(26)27/h7-8,10-12,16H,5-6,9H2,1-4H3,(H,23,25)(H,26,27). The van der Waals surface area contributed by atoms with E-state index in [9.17, 15) is 23.1 Å². The highest BCUT2D eigenvalue weighted by atomic mass is 32.2. The molecule has 0 spiro atoms. The lowest BCUT2D eigenvalue weighted by atomic mass is 10.1. The smallest absolute Gasteiger partial charge is 0.337 e. The molecule has 1 aliphatic heterocycles. The van der Waals surface area contributed by atoms with Gasteiger partial charge in [0.05, 0.1) is 44.6 Å². The fourth-order valence-electron chi connectivity index (χ4n) is 3.78. The second-order valence-corrected chi connectivity index (χ2v) is 9.23. The van der Waals surface area contributed by atoms with Gasteiger partial charge in [0.15, 0.2) is 23.0 Å². The van der Waals surface area contributed by atoms with Crippen LogP contribution < -0.4 is 24.3 Å². The second kappa shape index (κ2) is 10.2. The minimum atomic E-state index is -4.06. The van der Waals surface area contributed by atoms with Crippen LogP contribution in [0.5, 0.6) is 23.0 Å². The number of sulfonamides is 1. The topological polar surface area (TPSA) is 141 Å². The molecule has 184 valence electrons. The van der Waals surface area contributed by atoms with Crippen LogP contribution in [0.2, 0.25) is 0 Å². The Labute approximate surface area is 197 Å². The van der Waals surface area contributed by atoms with E-state index in [1.807, 2.05) is 0 Å². The van der Waals surface area contributed by atoms with E-state index in [4.69, 9.17) is 18.9 Å². The lowest BCUT2D eigenvalue weighted by Gasteiger charge is -2.24. The summed E-state index contributed by atoms with van der Waals surface area (Å²) in [5.41, 5.74) is -0.260. The Morgan fingerprint density at radius 3 is 2.12 bits per heavy atom. The quantitative estimate of drug-likeness (QED) is 0.537. The van der Waals surface area contributed by atoms with E-state index in [0.29, 0.717) is 12.2 Å². The number of carboxylic acid groups (broad SMARTS) is 1. The number of anilines is 1. The average molecular weight is 495 g/mol. The van der Waals surface area contributed by atoms with Crippen LogP contribution in [0, 0.1) is 0 Å². The minimum absolute atomic E-state index is 0.0366. The van der Waals surface area contributed by atoms with Crippen LogP contribution in [-0.2, 0) is 14.8 Å². The van der Waals surface area contributed by atoms with Crippen LogP contribution in [-0.4, -0.2) is 70.7 Å². The lowest BCUT2D eigenvalue weighted by molar-refractivity contribution is -0.119. The molecule has 3 rings (SSSR count). The minimum Gasteiger partial charge on any atom is -0.493 e. The lowest BCUT2D eigenvalue weighted by Crippen LogP contribution is -2.43. The van der Waals surface area contributed by atoms with Crippen LogP contribution in [0.4, 0.5) is 5.69 Å². The molecule has 0 aliphatic carbocycles. The van der Waals surface area contributed by atoms with Gasteiger partial charge >= 0.3 is 5.97 Å². The van der Waals surface area contributed by atoms with Gasteiger partial charge in [0.1, 0.15) is 6.04 Å². The van der Waals surface area contributed by atoms with Crippen molar-refractivity contribution < 1.29 is 42.1 Å². The van der Waals surface area contributed by atoms with Gasteiger partial charge in [-0.3, -0.25) is 4.79 Å². The largest absolute Gasteiger partial charge is 0.493 e. The predicted molar refractivity (Wildman–Crippen MR) is 122 cm³/mol. The molecule has 1 amide bonds. The summed E-state index contributed by atoms with van der Waals surface area (Å²) in [6, 6.07) is 5.69. The van der Waals surface area contributed by atoms with Crippen molar-refractivity contribution in [3.05, 3.63) is 35.9 Å². The molecule has 34 heavy (non-hydrogen) atoms. The highest BCUT2D eigenvalue weighted by Gasteiger charge is 2.40. The maximum atomic E-state index is 13.3. The zero-order valence-corrected chi connectivity index (χ0v) is 20.0. The molecule has 11 nitrogen and oxygen atoms in total. The normalized spacial score (nSPS) is 16.1. The highest BCUT2D eigenvalue weighted by molar-refractivity contribution is 7.89. The molecular formula is C22H26N2O9S. The van der Waals surface area contributed by atoms with Gasteiger partial charge in [-0.1, -0.05) is 0 Å². The van der Waals surface area contributed by atoms with Crippen molar-refractivity contribution >= 4 is 27.6 Å². The van der Waals surface area contributed by atoms with Crippen molar-refractivity contribution in [3.8, 4) is 23.0 Å². The van der Waals surface area contributed by atoms with Gasteiger partial charge in [-0.05, 0) is 25.0 Å². The molecule has 1 aliphatic rings. The summed E-state index contributed by atoms with van der Waals surface area (Å²) in [5.74, 6) is -0.957. The highest BCUT2D eigenvalue weighted by Crippen LogP contribution is 2.35. The fourth-order valence-corrected chi connectivity index (χ4v) is 5.45. The van der Waals surface area contributed by atoms with Crippen molar-refractivity contribution in [2.75, 3.05) is 40.3 Å². The SMILES string of the molecule is COc1ccc(S(=O)(=O)N2CCCC2C(=O)Nc2cc(OC)c(OC)cc2C(=O)O)cc1OC. The number of amides is 1. The number of carboxylic acids is 1. The zero-order chi connectivity index (χ0) is 25.0. The van der Waals surface area contributed by atoms with Crippen LogP contribution >= 0.6 is 0 Å². The van der Waals surface area contributed by atoms with Gasteiger partial charge in [0.2, 0.25) is 15.9 Å². The van der Waals surface area contributed by atoms with E-state index in [1.54, 1.807) is 0 Å². The molecule has 2 N–H and O–H groups in total. The van der Waals surface area contributed by atoms with Crippen LogP contribution in [0.25, 0.3) is 0 Å². The summed E-state index contributed by atoms with van der Waals surface area (Å²) in [6.07, 6.45) is 0.733. The first-order valence-corrected chi connectivity index (χ1v) is 11.7. The Morgan fingerprint density at radius 1 is 0.941 bits per heavy atom. The molecule has 2 aromatic rings. The Kier molecular flexibility index (Phi) is 7.52. The summed E-state index contributed by atoms with van der Waals surface area (Å²) in [5, 5.41) is 12.1. The first-order valence-electron chi connectivity index (χ1n) is 10.2. The van der Waals surface area contributed by atoms with Crippen molar-refractivity contribution in [2.24, 2.45) is 0 Å². The molecule has 0 radical (unpaired) electrons. The number of methoxy groups -OCH3 is 4. The van der Waals surface area contributed by atoms with E-state index in [-0.39, 0.29) is 46.4 Å². The Balaban J connectivity index is 1.92. The molecule has 2 aromatic carbocycles. The second-order valence-electron chi connectivity index (χ2n) is 7.34. The molecule has 1 unspecified atom stereocenters. The zero-order valence-electron chi connectivity index (χ0n) is 19.2. The van der Waals surface area contributed by atoms with E-state index >= 15 is 0 Å². The average Bonchev–Trinajstić information content (AvgIpc) is 3.34. The Hall–Kier alpha value is -3.51. The third-order valence-electron chi connectivity index (χ3n) is 5.48. The number of benzene rings is 2. The third kappa shape index (κ3) is 4.73. The molecule has 1 heterocycles. The van der Waals surface area contributed by atoms with Gasteiger partial charge < -0.3 is 29.4 Å². The van der Waals surface area contributed by atoms with Gasteiger partial charge in [-0.15, -0.1) is 0 Å². The maximum absolute atomic E-state index is 13.3. The molecular weight excluding hydrogens is 468 g/mol. The number of nitrogens with zero attached hydrogens (tertiary/aromatic N) is 1. The van der Waals surface area contributed by atoms with Crippen molar-refractivity contribution in [1.29, 1.82) is 0 Å². The van der Waals surface area contributed by atoms with Crippen molar-refractivity contribution in [3.63, 3.8) is 0 Å². The molecule has 1 atom stereocenters. The predicted octanol–water partition coefficient (Wildman–Crippen LogP) is 2.21. The van der Waals surface area contributed by atoms with Crippen molar-refractivity contribution in [1.82, 2.24) is 4.31 Å². The number of carbonyl (C=O) groups excluding carboxylic acids is 1. The number of hydrogen-bond acceptors (Lipinski definition) is 8. The van der Waals surface area contributed by atoms with Crippen LogP contribution in [0.1, 0.15) is 23.2 Å². The molecule has 1 saturated heterocycles. The van der Waals surface area contributed by atoms with Gasteiger partial charge in [0.25, 0.3) is 0 Å². The molecule has 0 bridgehead atoms. The summed E-state index contributed by atoms with van der Waals surface area (Å²) in [4.78, 5) is 24.8. The number of aromatic carboxylic acids is 1. The fraction of sp³-hybridized carbons (Fsp3) is 0.364. The molecule has 12 heteroatoms. The van der Waals surface area contributed by atoms with E-state index < -0.39 is 27.9 Å². The van der Waals surface area contributed by atoms with Gasteiger partial charge in [-0.2, -0.15) is 4.31 Å². The number of hydrogen-bond donors (Lipinski definition) is 2. The first-order chi connectivity index (χ1) is 16.2. The van der Waals surface area contributed by atoms with Crippen LogP contribution in [0.3, 0.4) is 0 Å².